The number of carbonyl (C=O) groups excluding carboxylic acids is 1. The maximum atomic E-state index is 12.5. The lowest BCUT2D eigenvalue weighted by Crippen LogP contribution is -2.38. The van der Waals surface area contributed by atoms with E-state index in [9.17, 15) is 4.79 Å². The number of anilines is 1. The summed E-state index contributed by atoms with van der Waals surface area (Å²) in [7, 11) is 0. The normalized spacial score (nSPS) is 23.2. The first-order chi connectivity index (χ1) is 14.6. The minimum atomic E-state index is -0.0687. The standard InChI is InChI=1S/C23H31N3O4/c1-4-28-21-12-19(21)23(27)25-16-8-9-20(29-13-17-7-5-6-10-24-17)18(11-16)22-14(2)26-30-15(22)3/h8-9,11,17,19,21,24H,4-7,10,12-13H2,1-3H3,(H,25,27)/t17-,19?,21?/m1/s1. The van der Waals surface area contributed by atoms with Crippen molar-refractivity contribution in [3.63, 3.8) is 0 Å². The van der Waals surface area contributed by atoms with Crippen LogP contribution < -0.4 is 15.4 Å². The molecule has 30 heavy (non-hydrogen) atoms. The SMILES string of the molecule is CCOC1CC1C(=O)Nc1ccc(OC[C@H]2CCCCN2)c(-c2c(C)noc2C)c1. The molecule has 2 aliphatic rings. The van der Waals surface area contributed by atoms with E-state index in [1.807, 2.05) is 39.0 Å². The third-order valence-electron chi connectivity index (χ3n) is 5.85. The summed E-state index contributed by atoms with van der Waals surface area (Å²) in [6.07, 6.45) is 4.40. The Morgan fingerprint density at radius 2 is 2.20 bits per heavy atom. The average Bonchev–Trinajstić information content (AvgIpc) is 3.44. The van der Waals surface area contributed by atoms with Gasteiger partial charge in [-0.1, -0.05) is 11.6 Å². The third kappa shape index (κ3) is 4.68. The second-order valence-electron chi connectivity index (χ2n) is 8.19. The number of piperidine rings is 1. The number of amides is 1. The first-order valence-electron chi connectivity index (χ1n) is 10.9. The van der Waals surface area contributed by atoms with Crippen molar-refractivity contribution in [2.24, 2.45) is 5.92 Å². The van der Waals surface area contributed by atoms with Crippen molar-refractivity contribution in [1.82, 2.24) is 10.5 Å². The molecule has 1 amide bonds. The van der Waals surface area contributed by atoms with Crippen LogP contribution in [0.3, 0.4) is 0 Å². The van der Waals surface area contributed by atoms with Gasteiger partial charge in [-0.2, -0.15) is 0 Å². The van der Waals surface area contributed by atoms with Crippen molar-refractivity contribution in [2.75, 3.05) is 25.1 Å². The number of hydrogen-bond acceptors (Lipinski definition) is 6. The van der Waals surface area contributed by atoms with Gasteiger partial charge < -0.3 is 24.6 Å². The summed E-state index contributed by atoms with van der Waals surface area (Å²) in [5, 5.41) is 10.6. The zero-order valence-electron chi connectivity index (χ0n) is 18.0. The number of aryl methyl sites for hydroxylation is 2. The quantitative estimate of drug-likeness (QED) is 0.684. The van der Waals surface area contributed by atoms with Gasteiger partial charge in [0.2, 0.25) is 5.91 Å². The van der Waals surface area contributed by atoms with Gasteiger partial charge >= 0.3 is 0 Å². The summed E-state index contributed by atoms with van der Waals surface area (Å²) in [6.45, 7) is 8.04. The fourth-order valence-corrected chi connectivity index (χ4v) is 4.13. The summed E-state index contributed by atoms with van der Waals surface area (Å²) in [4.78, 5) is 12.5. The van der Waals surface area contributed by atoms with E-state index in [1.165, 1.54) is 12.8 Å². The smallest absolute Gasteiger partial charge is 0.230 e. The van der Waals surface area contributed by atoms with Gasteiger partial charge in [0.15, 0.2) is 0 Å². The number of rotatable bonds is 8. The lowest BCUT2D eigenvalue weighted by molar-refractivity contribution is -0.118. The van der Waals surface area contributed by atoms with Crippen LogP contribution in [0.4, 0.5) is 5.69 Å². The largest absolute Gasteiger partial charge is 0.491 e. The molecule has 7 heteroatoms. The van der Waals surface area contributed by atoms with E-state index in [0.717, 1.165) is 53.4 Å². The van der Waals surface area contributed by atoms with Crippen molar-refractivity contribution in [3.8, 4) is 16.9 Å². The van der Waals surface area contributed by atoms with E-state index in [1.54, 1.807) is 0 Å². The van der Waals surface area contributed by atoms with Crippen LogP contribution in [0.25, 0.3) is 11.1 Å². The van der Waals surface area contributed by atoms with Crippen LogP contribution in [-0.4, -0.2) is 43.0 Å². The molecule has 0 bridgehead atoms. The van der Waals surface area contributed by atoms with E-state index in [-0.39, 0.29) is 17.9 Å². The van der Waals surface area contributed by atoms with Gasteiger partial charge in [0, 0.05) is 23.9 Å². The Balaban J connectivity index is 1.53. The Morgan fingerprint density at radius 1 is 1.33 bits per heavy atom. The van der Waals surface area contributed by atoms with Crippen LogP contribution in [-0.2, 0) is 9.53 Å². The van der Waals surface area contributed by atoms with Gasteiger partial charge in [0.25, 0.3) is 0 Å². The van der Waals surface area contributed by atoms with Gasteiger partial charge in [-0.15, -0.1) is 0 Å². The lowest BCUT2D eigenvalue weighted by atomic mass is 10.0. The number of ether oxygens (including phenoxy) is 2. The fourth-order valence-electron chi connectivity index (χ4n) is 4.13. The Kier molecular flexibility index (Phi) is 6.39. The van der Waals surface area contributed by atoms with Crippen molar-refractivity contribution in [2.45, 2.75) is 58.6 Å². The van der Waals surface area contributed by atoms with Crippen LogP contribution in [0.1, 0.15) is 44.1 Å². The molecule has 2 heterocycles. The zero-order chi connectivity index (χ0) is 21.1. The molecule has 4 rings (SSSR count). The van der Waals surface area contributed by atoms with Crippen LogP contribution >= 0.6 is 0 Å². The summed E-state index contributed by atoms with van der Waals surface area (Å²) < 4.78 is 17.1. The molecule has 0 radical (unpaired) electrons. The predicted octanol–water partition coefficient (Wildman–Crippen LogP) is 3.84. The molecule has 2 fully saturated rings. The summed E-state index contributed by atoms with van der Waals surface area (Å²) in [6, 6.07) is 6.13. The van der Waals surface area contributed by atoms with Gasteiger partial charge in [-0.25, -0.2) is 0 Å². The second-order valence-corrected chi connectivity index (χ2v) is 8.19. The van der Waals surface area contributed by atoms with E-state index in [0.29, 0.717) is 19.3 Å². The van der Waals surface area contributed by atoms with Gasteiger partial charge in [-0.3, -0.25) is 4.79 Å². The molecule has 1 aliphatic heterocycles. The Bertz CT molecular complexity index is 869. The molecule has 7 nitrogen and oxygen atoms in total. The van der Waals surface area contributed by atoms with Crippen LogP contribution in [0.15, 0.2) is 22.7 Å². The fraction of sp³-hybridized carbons (Fsp3) is 0.565. The number of nitrogens with zero attached hydrogens (tertiary/aromatic N) is 1. The maximum absolute atomic E-state index is 12.5. The molecular weight excluding hydrogens is 382 g/mol. The number of aromatic nitrogens is 1. The lowest BCUT2D eigenvalue weighted by Gasteiger charge is -2.24. The topological polar surface area (TPSA) is 85.6 Å². The molecule has 1 aromatic carbocycles. The summed E-state index contributed by atoms with van der Waals surface area (Å²) in [5.74, 6) is 1.43. The molecule has 162 valence electrons. The van der Waals surface area contributed by atoms with Crippen molar-refractivity contribution < 1.29 is 18.8 Å². The van der Waals surface area contributed by atoms with Gasteiger partial charge in [0.1, 0.15) is 18.1 Å². The van der Waals surface area contributed by atoms with Crippen LogP contribution in [0.2, 0.25) is 0 Å². The van der Waals surface area contributed by atoms with E-state index in [4.69, 9.17) is 14.0 Å². The Labute approximate surface area is 177 Å². The minimum absolute atomic E-state index is 0.00163. The van der Waals surface area contributed by atoms with Gasteiger partial charge in [0.05, 0.1) is 23.3 Å². The maximum Gasteiger partial charge on any atom is 0.230 e. The Morgan fingerprint density at radius 3 is 2.90 bits per heavy atom. The minimum Gasteiger partial charge on any atom is -0.491 e. The molecule has 1 aromatic heterocycles. The molecule has 0 spiro atoms. The van der Waals surface area contributed by atoms with E-state index < -0.39 is 0 Å². The summed E-state index contributed by atoms with van der Waals surface area (Å²) >= 11 is 0. The molecule has 1 saturated heterocycles. The van der Waals surface area contributed by atoms with Crippen molar-refractivity contribution in [1.29, 1.82) is 0 Å². The molecule has 1 aliphatic carbocycles. The highest BCUT2D eigenvalue weighted by Crippen LogP contribution is 2.38. The molecule has 2 unspecified atom stereocenters. The van der Waals surface area contributed by atoms with Crippen molar-refractivity contribution in [3.05, 3.63) is 29.7 Å². The molecule has 2 aromatic rings. The number of nitrogens with one attached hydrogen (secondary N) is 2. The highest BCUT2D eigenvalue weighted by atomic mass is 16.5. The monoisotopic (exact) mass is 413 g/mol. The third-order valence-corrected chi connectivity index (χ3v) is 5.85. The molecule has 2 N–H and O–H groups in total. The number of benzene rings is 1. The first kappa shape index (κ1) is 20.9. The highest BCUT2D eigenvalue weighted by Gasteiger charge is 2.44. The number of hydrogen-bond donors (Lipinski definition) is 2. The highest BCUT2D eigenvalue weighted by molar-refractivity contribution is 5.95. The molecule has 1 saturated carbocycles. The average molecular weight is 414 g/mol. The van der Waals surface area contributed by atoms with E-state index in [2.05, 4.69) is 15.8 Å². The second kappa shape index (κ2) is 9.18. The predicted molar refractivity (Wildman–Crippen MR) is 115 cm³/mol. The Hall–Kier alpha value is -2.38. The van der Waals surface area contributed by atoms with Crippen LogP contribution in [0, 0.1) is 19.8 Å². The summed E-state index contributed by atoms with van der Waals surface area (Å²) in [5.41, 5.74) is 3.34. The van der Waals surface area contributed by atoms with Crippen LogP contribution in [0.5, 0.6) is 5.75 Å². The molecule has 3 atom stereocenters. The number of carbonyl (C=O) groups is 1. The molecular formula is C23H31N3O4. The zero-order valence-corrected chi connectivity index (χ0v) is 18.0. The first-order valence-corrected chi connectivity index (χ1v) is 10.9. The van der Waals surface area contributed by atoms with E-state index >= 15 is 0 Å². The van der Waals surface area contributed by atoms with Gasteiger partial charge in [-0.05, 0) is 64.8 Å². The van der Waals surface area contributed by atoms with Crippen molar-refractivity contribution >= 4 is 11.6 Å².